The monoisotopic (exact) mass is 298 g/mol. The fourth-order valence-electron chi connectivity index (χ4n) is 2.73. The lowest BCUT2D eigenvalue weighted by Crippen LogP contribution is -2.32. The fraction of sp³-hybridized carbons (Fsp3) is 0.800. The molecule has 2 atom stereocenters. The number of thiazole rings is 1. The maximum absolute atomic E-state index is 6.43. The van der Waals surface area contributed by atoms with Gasteiger partial charge in [-0.1, -0.05) is 63.1 Å². The Balaban J connectivity index is 1.87. The summed E-state index contributed by atoms with van der Waals surface area (Å²) < 4.78 is 1.19. The number of aromatic nitrogens is 1. The highest BCUT2D eigenvalue weighted by atomic mass is 32.2. The summed E-state index contributed by atoms with van der Waals surface area (Å²) in [6.45, 7) is 0. The van der Waals surface area contributed by atoms with E-state index in [1.165, 1.54) is 68.5 Å². The number of thioether (sulfide) groups is 1. The lowest BCUT2D eigenvalue weighted by atomic mass is 9.98. The highest BCUT2D eigenvalue weighted by Crippen LogP contribution is 2.31. The molecule has 108 valence electrons. The summed E-state index contributed by atoms with van der Waals surface area (Å²) >= 11 is 3.66. The van der Waals surface area contributed by atoms with E-state index in [1.807, 2.05) is 18.0 Å². The van der Waals surface area contributed by atoms with Crippen LogP contribution in [0.2, 0.25) is 0 Å². The summed E-state index contributed by atoms with van der Waals surface area (Å²) in [6, 6.07) is 0.341. The summed E-state index contributed by atoms with van der Waals surface area (Å²) in [6.07, 6.45) is 15.4. The second-order valence-electron chi connectivity index (χ2n) is 5.52. The van der Waals surface area contributed by atoms with Crippen LogP contribution in [0, 0.1) is 0 Å². The SMILES string of the molecule is NC1CCCCCCCCCCC1Sc1nccs1. The molecule has 0 amide bonds. The lowest BCUT2D eigenvalue weighted by Gasteiger charge is -2.23. The first-order chi connectivity index (χ1) is 9.36. The van der Waals surface area contributed by atoms with E-state index in [-0.39, 0.29) is 0 Å². The van der Waals surface area contributed by atoms with Gasteiger partial charge in [0.15, 0.2) is 0 Å². The van der Waals surface area contributed by atoms with Gasteiger partial charge in [0.05, 0.1) is 0 Å². The smallest absolute Gasteiger partial charge is 0.150 e. The second-order valence-corrected chi connectivity index (χ2v) is 7.90. The average Bonchev–Trinajstić information content (AvgIpc) is 2.90. The van der Waals surface area contributed by atoms with Gasteiger partial charge in [-0.25, -0.2) is 4.98 Å². The Bertz CT molecular complexity index is 327. The van der Waals surface area contributed by atoms with Crippen LogP contribution in [0.4, 0.5) is 0 Å². The van der Waals surface area contributed by atoms with Gasteiger partial charge >= 0.3 is 0 Å². The third-order valence-electron chi connectivity index (χ3n) is 3.92. The molecule has 2 nitrogen and oxygen atoms in total. The van der Waals surface area contributed by atoms with Crippen LogP contribution < -0.4 is 5.73 Å². The normalized spacial score (nSPS) is 27.4. The minimum atomic E-state index is 0.341. The number of nitrogens with two attached hydrogens (primary N) is 1. The van der Waals surface area contributed by atoms with Crippen LogP contribution >= 0.6 is 23.1 Å². The predicted molar refractivity (Wildman–Crippen MR) is 85.9 cm³/mol. The van der Waals surface area contributed by atoms with Crippen LogP contribution in [-0.2, 0) is 0 Å². The van der Waals surface area contributed by atoms with Crippen molar-refractivity contribution in [3.63, 3.8) is 0 Å². The van der Waals surface area contributed by atoms with E-state index in [2.05, 4.69) is 10.4 Å². The Labute approximate surface area is 125 Å². The molecule has 1 aromatic rings. The first-order valence-corrected chi connectivity index (χ1v) is 9.44. The number of rotatable bonds is 2. The van der Waals surface area contributed by atoms with Crippen molar-refractivity contribution in [3.8, 4) is 0 Å². The molecule has 1 saturated carbocycles. The van der Waals surface area contributed by atoms with E-state index in [9.17, 15) is 0 Å². The Morgan fingerprint density at radius 1 is 1.00 bits per heavy atom. The first kappa shape index (κ1) is 15.3. The molecule has 0 spiro atoms. The lowest BCUT2D eigenvalue weighted by molar-refractivity contribution is 0.473. The molecule has 0 aliphatic heterocycles. The van der Waals surface area contributed by atoms with E-state index in [0.717, 1.165) is 0 Å². The van der Waals surface area contributed by atoms with Crippen LogP contribution in [0.1, 0.15) is 64.2 Å². The summed E-state index contributed by atoms with van der Waals surface area (Å²) in [5.41, 5.74) is 6.43. The minimum absolute atomic E-state index is 0.341. The van der Waals surface area contributed by atoms with Crippen molar-refractivity contribution in [2.75, 3.05) is 0 Å². The average molecular weight is 299 g/mol. The molecule has 1 aliphatic rings. The van der Waals surface area contributed by atoms with Gasteiger partial charge in [-0.05, 0) is 12.8 Å². The molecule has 0 bridgehead atoms. The highest BCUT2D eigenvalue weighted by molar-refractivity contribution is 8.01. The topological polar surface area (TPSA) is 38.9 Å². The molecular formula is C15H26N2S2. The number of nitrogens with zero attached hydrogens (tertiary/aromatic N) is 1. The zero-order valence-electron chi connectivity index (χ0n) is 11.7. The molecule has 2 N–H and O–H groups in total. The van der Waals surface area contributed by atoms with Gasteiger partial charge in [-0.3, -0.25) is 0 Å². The second kappa shape index (κ2) is 8.98. The fourth-order valence-corrected chi connectivity index (χ4v) is 4.83. The molecule has 2 unspecified atom stereocenters. The molecule has 4 heteroatoms. The standard InChI is InChI=1S/C15H26N2S2/c16-13-9-7-5-3-1-2-4-6-8-10-14(13)19-15-17-11-12-18-15/h11-14H,1-10,16H2. The van der Waals surface area contributed by atoms with Gasteiger partial charge in [-0.15, -0.1) is 11.3 Å². The Kier molecular flexibility index (Phi) is 7.25. The molecule has 0 radical (unpaired) electrons. The van der Waals surface area contributed by atoms with Crippen LogP contribution in [0.3, 0.4) is 0 Å². The molecule has 19 heavy (non-hydrogen) atoms. The minimum Gasteiger partial charge on any atom is -0.327 e. The molecule has 1 heterocycles. The van der Waals surface area contributed by atoms with E-state index in [0.29, 0.717) is 11.3 Å². The van der Waals surface area contributed by atoms with Crippen LogP contribution in [0.15, 0.2) is 15.9 Å². The van der Waals surface area contributed by atoms with Crippen molar-refractivity contribution in [2.24, 2.45) is 5.73 Å². The predicted octanol–water partition coefficient (Wildman–Crippen LogP) is 4.85. The highest BCUT2D eigenvalue weighted by Gasteiger charge is 2.20. The van der Waals surface area contributed by atoms with Crippen LogP contribution in [0.25, 0.3) is 0 Å². The van der Waals surface area contributed by atoms with Crippen LogP contribution in [0.5, 0.6) is 0 Å². The van der Waals surface area contributed by atoms with E-state index in [4.69, 9.17) is 5.73 Å². The van der Waals surface area contributed by atoms with Gasteiger partial charge in [0.1, 0.15) is 4.34 Å². The van der Waals surface area contributed by atoms with Gasteiger partial charge in [0, 0.05) is 22.9 Å². The van der Waals surface area contributed by atoms with Gasteiger partial charge < -0.3 is 5.73 Å². The molecule has 1 aliphatic carbocycles. The van der Waals surface area contributed by atoms with E-state index in [1.54, 1.807) is 11.3 Å². The number of hydrogen-bond donors (Lipinski definition) is 1. The summed E-state index contributed by atoms with van der Waals surface area (Å²) in [5, 5.41) is 2.62. The van der Waals surface area contributed by atoms with Crippen molar-refractivity contribution < 1.29 is 0 Å². The van der Waals surface area contributed by atoms with Gasteiger partial charge in [0.25, 0.3) is 0 Å². The summed E-state index contributed by atoms with van der Waals surface area (Å²) in [5.74, 6) is 0. The van der Waals surface area contributed by atoms with E-state index < -0.39 is 0 Å². The van der Waals surface area contributed by atoms with Crippen molar-refractivity contribution in [2.45, 2.75) is 79.8 Å². The molecule has 0 aromatic carbocycles. The van der Waals surface area contributed by atoms with Crippen molar-refractivity contribution in [1.82, 2.24) is 4.98 Å². The Hall–Kier alpha value is -0.0600. The molecule has 1 aromatic heterocycles. The third-order valence-corrected chi connectivity index (χ3v) is 6.25. The maximum atomic E-state index is 6.43. The van der Waals surface area contributed by atoms with Gasteiger partial charge in [0.2, 0.25) is 0 Å². The zero-order chi connectivity index (χ0) is 13.3. The summed E-state index contributed by atoms with van der Waals surface area (Å²) in [7, 11) is 0. The molecule has 0 saturated heterocycles. The Morgan fingerprint density at radius 2 is 1.63 bits per heavy atom. The zero-order valence-corrected chi connectivity index (χ0v) is 13.4. The largest absolute Gasteiger partial charge is 0.327 e. The van der Waals surface area contributed by atoms with Gasteiger partial charge in [-0.2, -0.15) is 0 Å². The quantitative estimate of drug-likeness (QED) is 0.848. The third kappa shape index (κ3) is 5.84. The Morgan fingerprint density at radius 3 is 2.26 bits per heavy atom. The van der Waals surface area contributed by atoms with Crippen molar-refractivity contribution >= 4 is 23.1 Å². The van der Waals surface area contributed by atoms with Crippen molar-refractivity contribution in [3.05, 3.63) is 11.6 Å². The van der Waals surface area contributed by atoms with Crippen LogP contribution in [-0.4, -0.2) is 16.3 Å². The maximum Gasteiger partial charge on any atom is 0.150 e. The van der Waals surface area contributed by atoms with Crippen molar-refractivity contribution in [1.29, 1.82) is 0 Å². The molecule has 2 rings (SSSR count). The molecular weight excluding hydrogens is 272 g/mol. The molecule has 1 fully saturated rings. The van der Waals surface area contributed by atoms with E-state index >= 15 is 0 Å². The number of hydrogen-bond acceptors (Lipinski definition) is 4. The summed E-state index contributed by atoms with van der Waals surface area (Å²) in [4.78, 5) is 4.40. The first-order valence-electron chi connectivity index (χ1n) is 7.68.